The summed E-state index contributed by atoms with van der Waals surface area (Å²) in [6, 6.07) is 0. The minimum Gasteiger partial charge on any atom is -0.332 e. The topological polar surface area (TPSA) is 91.6 Å². The molecule has 0 atom stereocenters. The Kier molecular flexibility index (Phi) is 4.83. The molecule has 2 rings (SSSR count). The van der Waals surface area contributed by atoms with Gasteiger partial charge in [0.25, 0.3) is 0 Å². The molecule has 2 heterocycles. The number of aromatic nitrogens is 1. The number of thiazole rings is 1. The van der Waals surface area contributed by atoms with Crippen LogP contribution < -0.4 is 11.1 Å². The number of nitrogens with zero attached hydrogens (tertiary/aromatic N) is 3. The molecule has 0 bridgehead atoms. The third-order valence-electron chi connectivity index (χ3n) is 2.95. The van der Waals surface area contributed by atoms with Crippen LogP contribution in [-0.2, 0) is 9.59 Å². The van der Waals surface area contributed by atoms with E-state index < -0.39 is 11.8 Å². The second-order valence-corrected chi connectivity index (χ2v) is 5.11. The molecule has 1 fully saturated rings. The highest BCUT2D eigenvalue weighted by Gasteiger charge is 2.26. The molecule has 19 heavy (non-hydrogen) atoms. The van der Waals surface area contributed by atoms with Gasteiger partial charge in [0.2, 0.25) is 0 Å². The number of amides is 2. The predicted octanol–water partition coefficient (Wildman–Crippen LogP) is -0.815. The van der Waals surface area contributed by atoms with Gasteiger partial charge in [0.1, 0.15) is 0 Å². The average molecular weight is 283 g/mol. The number of piperazine rings is 1. The number of hydrogen-bond acceptors (Lipinski definition) is 6. The summed E-state index contributed by atoms with van der Waals surface area (Å²) in [5, 5.41) is 4.69. The molecule has 1 saturated heterocycles. The maximum atomic E-state index is 11.9. The molecule has 1 aromatic heterocycles. The number of rotatable bonds is 3. The minimum atomic E-state index is -0.623. The molecule has 0 unspecified atom stereocenters. The zero-order chi connectivity index (χ0) is 13.7. The fraction of sp³-hybridized carbons (Fsp3) is 0.545. The molecule has 3 N–H and O–H groups in total. The highest BCUT2D eigenvalue weighted by Crippen LogP contribution is 2.10. The fourth-order valence-corrected chi connectivity index (χ4v) is 2.46. The van der Waals surface area contributed by atoms with Gasteiger partial charge in [-0.15, -0.1) is 11.3 Å². The van der Waals surface area contributed by atoms with Crippen LogP contribution in [-0.4, -0.2) is 65.9 Å². The van der Waals surface area contributed by atoms with Crippen LogP contribution in [0.2, 0.25) is 0 Å². The maximum Gasteiger partial charge on any atom is 0.315 e. The molecule has 1 aliphatic heterocycles. The maximum absolute atomic E-state index is 11.9. The van der Waals surface area contributed by atoms with Crippen molar-refractivity contribution in [2.75, 3.05) is 44.6 Å². The van der Waals surface area contributed by atoms with Crippen LogP contribution in [0.25, 0.3) is 0 Å². The lowest BCUT2D eigenvalue weighted by molar-refractivity contribution is -0.144. The highest BCUT2D eigenvalue weighted by atomic mass is 32.1. The number of carbonyl (C=O) groups is 2. The van der Waals surface area contributed by atoms with Gasteiger partial charge in [0, 0.05) is 50.8 Å². The molecule has 0 saturated carbocycles. The number of nitrogens with one attached hydrogen (secondary N) is 1. The normalized spacial score (nSPS) is 16.4. The number of anilines is 1. The lowest BCUT2D eigenvalue weighted by Crippen LogP contribution is -2.52. The Labute approximate surface area is 115 Å². The van der Waals surface area contributed by atoms with E-state index >= 15 is 0 Å². The first-order chi connectivity index (χ1) is 9.20. The Bertz CT molecular complexity index is 428. The lowest BCUT2D eigenvalue weighted by atomic mass is 10.3. The van der Waals surface area contributed by atoms with Crippen molar-refractivity contribution in [3.8, 4) is 0 Å². The quantitative estimate of drug-likeness (QED) is 0.708. The minimum absolute atomic E-state index is 0.445. The smallest absolute Gasteiger partial charge is 0.315 e. The summed E-state index contributed by atoms with van der Waals surface area (Å²) < 4.78 is 0. The van der Waals surface area contributed by atoms with Crippen molar-refractivity contribution in [2.45, 2.75) is 0 Å². The second kappa shape index (κ2) is 6.60. The van der Waals surface area contributed by atoms with Gasteiger partial charge in [-0.1, -0.05) is 0 Å². The van der Waals surface area contributed by atoms with Crippen molar-refractivity contribution in [1.82, 2.24) is 14.8 Å². The summed E-state index contributed by atoms with van der Waals surface area (Å²) in [6.45, 7) is 4.07. The van der Waals surface area contributed by atoms with E-state index in [1.165, 1.54) is 11.3 Å². The molecule has 104 valence electrons. The third kappa shape index (κ3) is 3.72. The van der Waals surface area contributed by atoms with Crippen LogP contribution in [0.4, 0.5) is 5.13 Å². The highest BCUT2D eigenvalue weighted by molar-refractivity contribution is 7.13. The summed E-state index contributed by atoms with van der Waals surface area (Å²) in [4.78, 5) is 31.3. The summed E-state index contributed by atoms with van der Waals surface area (Å²) in [5.41, 5.74) is 5.49. The predicted molar refractivity (Wildman–Crippen MR) is 72.8 cm³/mol. The number of nitrogens with two attached hydrogens (primary N) is 1. The Morgan fingerprint density at radius 2 is 2.11 bits per heavy atom. The van der Waals surface area contributed by atoms with Crippen LogP contribution >= 0.6 is 11.3 Å². The summed E-state index contributed by atoms with van der Waals surface area (Å²) in [5.74, 6) is -1.12. The Balaban J connectivity index is 1.82. The van der Waals surface area contributed by atoms with E-state index in [1.807, 2.05) is 0 Å². The van der Waals surface area contributed by atoms with Gasteiger partial charge in [-0.05, 0) is 0 Å². The van der Waals surface area contributed by atoms with E-state index in [4.69, 9.17) is 5.73 Å². The van der Waals surface area contributed by atoms with E-state index in [0.29, 0.717) is 24.8 Å². The summed E-state index contributed by atoms with van der Waals surface area (Å²) in [6.07, 6.45) is 1.58. The fourth-order valence-electron chi connectivity index (χ4n) is 1.94. The van der Waals surface area contributed by atoms with E-state index in [-0.39, 0.29) is 0 Å². The standard InChI is InChI=1S/C11H17N5O2S/c12-1-3-15-4-6-16(7-5-15)10(18)9(17)14-11-13-2-8-19-11/h2,8H,1,3-7,12H2,(H,13,14,17). The molecule has 7 nitrogen and oxygen atoms in total. The van der Waals surface area contributed by atoms with Crippen molar-refractivity contribution >= 4 is 28.3 Å². The SMILES string of the molecule is NCCN1CCN(C(=O)C(=O)Nc2nccs2)CC1. The van der Waals surface area contributed by atoms with E-state index in [0.717, 1.165) is 19.6 Å². The second-order valence-electron chi connectivity index (χ2n) is 4.21. The van der Waals surface area contributed by atoms with Crippen molar-refractivity contribution in [3.05, 3.63) is 11.6 Å². The van der Waals surface area contributed by atoms with Gasteiger partial charge < -0.3 is 10.6 Å². The Hall–Kier alpha value is -1.51. The largest absolute Gasteiger partial charge is 0.332 e. The zero-order valence-corrected chi connectivity index (χ0v) is 11.4. The Morgan fingerprint density at radius 3 is 2.68 bits per heavy atom. The van der Waals surface area contributed by atoms with E-state index in [1.54, 1.807) is 16.5 Å². The molecule has 0 aromatic carbocycles. The average Bonchev–Trinajstić information content (AvgIpc) is 2.92. The molecule has 2 amide bonds. The molecule has 8 heteroatoms. The third-order valence-corrected chi connectivity index (χ3v) is 3.64. The summed E-state index contributed by atoms with van der Waals surface area (Å²) in [7, 11) is 0. The van der Waals surface area contributed by atoms with E-state index in [9.17, 15) is 9.59 Å². The van der Waals surface area contributed by atoms with Gasteiger partial charge >= 0.3 is 11.8 Å². The lowest BCUT2D eigenvalue weighted by Gasteiger charge is -2.33. The van der Waals surface area contributed by atoms with Crippen molar-refractivity contribution < 1.29 is 9.59 Å². The van der Waals surface area contributed by atoms with Gasteiger partial charge in [-0.2, -0.15) is 0 Å². The number of hydrogen-bond donors (Lipinski definition) is 2. The van der Waals surface area contributed by atoms with Crippen LogP contribution in [0.5, 0.6) is 0 Å². The zero-order valence-electron chi connectivity index (χ0n) is 10.5. The van der Waals surface area contributed by atoms with Gasteiger partial charge in [-0.25, -0.2) is 4.98 Å². The van der Waals surface area contributed by atoms with E-state index in [2.05, 4.69) is 15.2 Å². The molecule has 0 aliphatic carbocycles. The first kappa shape index (κ1) is 13.9. The molecule has 0 radical (unpaired) electrons. The monoisotopic (exact) mass is 283 g/mol. The van der Waals surface area contributed by atoms with Crippen molar-refractivity contribution in [1.29, 1.82) is 0 Å². The van der Waals surface area contributed by atoms with Crippen molar-refractivity contribution in [3.63, 3.8) is 0 Å². The molecular formula is C11H17N5O2S. The number of carbonyl (C=O) groups excluding carboxylic acids is 2. The molecule has 1 aliphatic rings. The molecule has 0 spiro atoms. The Morgan fingerprint density at radius 1 is 1.37 bits per heavy atom. The van der Waals surface area contributed by atoms with Crippen LogP contribution in [0.15, 0.2) is 11.6 Å². The van der Waals surface area contributed by atoms with Gasteiger partial charge in [0.05, 0.1) is 0 Å². The first-order valence-electron chi connectivity index (χ1n) is 6.13. The molecule has 1 aromatic rings. The van der Waals surface area contributed by atoms with Gasteiger partial charge in [0.15, 0.2) is 5.13 Å². The summed E-state index contributed by atoms with van der Waals surface area (Å²) >= 11 is 1.29. The molecular weight excluding hydrogens is 266 g/mol. The van der Waals surface area contributed by atoms with Crippen molar-refractivity contribution in [2.24, 2.45) is 5.73 Å². The van der Waals surface area contributed by atoms with Crippen LogP contribution in [0, 0.1) is 0 Å². The van der Waals surface area contributed by atoms with Crippen LogP contribution in [0.3, 0.4) is 0 Å². The van der Waals surface area contributed by atoms with Gasteiger partial charge in [-0.3, -0.25) is 19.8 Å². The first-order valence-corrected chi connectivity index (χ1v) is 7.01. The van der Waals surface area contributed by atoms with Crippen LogP contribution in [0.1, 0.15) is 0 Å².